The molecule has 9 heteroatoms. The van der Waals surface area contributed by atoms with Gasteiger partial charge in [0.1, 0.15) is 18.3 Å². The maximum atomic E-state index is 11.8. The maximum Gasteiger partial charge on any atom is 0.253 e. The smallest absolute Gasteiger partial charge is 0.253 e. The number of H-pyrrole nitrogens is 1. The first kappa shape index (κ1) is 17.9. The van der Waals surface area contributed by atoms with Crippen molar-refractivity contribution < 1.29 is 9.42 Å². The van der Waals surface area contributed by atoms with Gasteiger partial charge in [0.15, 0.2) is 11.2 Å². The van der Waals surface area contributed by atoms with Gasteiger partial charge in [0.05, 0.1) is 15.9 Å². The van der Waals surface area contributed by atoms with Crippen LogP contribution in [0.4, 0.5) is 0 Å². The summed E-state index contributed by atoms with van der Waals surface area (Å²) in [6.45, 7) is 0.390. The SMILES string of the molecule is C[n+]1nn(-c2cc(Br)[nH]c(=O)c2)c2ccc(COc3cccc(Br)n3)cc21. The van der Waals surface area contributed by atoms with Gasteiger partial charge in [-0.2, -0.15) is 0 Å². The van der Waals surface area contributed by atoms with Crippen LogP contribution in [0, 0.1) is 0 Å². The molecule has 4 aromatic rings. The van der Waals surface area contributed by atoms with Crippen LogP contribution in [0.15, 0.2) is 62.5 Å². The summed E-state index contributed by atoms with van der Waals surface area (Å²) in [5, 5.41) is 4.51. The predicted molar refractivity (Wildman–Crippen MR) is 107 cm³/mol. The van der Waals surface area contributed by atoms with Crippen LogP contribution in [0.1, 0.15) is 5.56 Å². The van der Waals surface area contributed by atoms with E-state index in [1.807, 2.05) is 49.5 Å². The van der Waals surface area contributed by atoms with Crippen molar-refractivity contribution in [1.29, 1.82) is 0 Å². The second-order valence-electron chi connectivity index (χ2n) is 5.89. The summed E-state index contributed by atoms with van der Waals surface area (Å²) in [6.07, 6.45) is 0. The van der Waals surface area contributed by atoms with E-state index in [-0.39, 0.29) is 5.56 Å². The van der Waals surface area contributed by atoms with Crippen molar-refractivity contribution in [3.8, 4) is 11.6 Å². The summed E-state index contributed by atoms with van der Waals surface area (Å²) < 4.78 is 10.6. The van der Waals surface area contributed by atoms with Gasteiger partial charge in [-0.25, -0.2) is 4.98 Å². The molecule has 0 amide bonds. The Balaban J connectivity index is 1.67. The highest BCUT2D eigenvalue weighted by atomic mass is 79.9. The number of hydrogen-bond donors (Lipinski definition) is 1. The molecule has 1 aromatic carbocycles. The summed E-state index contributed by atoms with van der Waals surface area (Å²) in [4.78, 5) is 18.7. The highest BCUT2D eigenvalue weighted by Gasteiger charge is 2.19. The van der Waals surface area contributed by atoms with Crippen LogP contribution >= 0.6 is 31.9 Å². The fourth-order valence-electron chi connectivity index (χ4n) is 2.76. The lowest BCUT2D eigenvalue weighted by Gasteiger charge is -2.05. The van der Waals surface area contributed by atoms with Gasteiger partial charge in [-0.1, -0.05) is 16.8 Å². The maximum absolute atomic E-state index is 11.8. The Hall–Kier alpha value is -2.52. The third-order valence-electron chi connectivity index (χ3n) is 3.96. The Labute approximate surface area is 170 Å². The molecule has 4 rings (SSSR count). The van der Waals surface area contributed by atoms with E-state index in [0.717, 1.165) is 21.2 Å². The number of halogens is 2. The number of fused-ring (bicyclic) bond motifs is 1. The van der Waals surface area contributed by atoms with Crippen LogP contribution in [0.25, 0.3) is 16.7 Å². The van der Waals surface area contributed by atoms with Crippen molar-refractivity contribution >= 4 is 42.9 Å². The largest absolute Gasteiger partial charge is 0.473 e. The summed E-state index contributed by atoms with van der Waals surface area (Å²) >= 11 is 6.64. The molecule has 136 valence electrons. The molecule has 0 radical (unpaired) electrons. The van der Waals surface area contributed by atoms with Crippen molar-refractivity contribution in [3.63, 3.8) is 0 Å². The van der Waals surface area contributed by atoms with Gasteiger partial charge < -0.3 is 9.72 Å². The molecule has 0 atom stereocenters. The average molecular weight is 492 g/mol. The molecule has 0 saturated carbocycles. The molecule has 7 nitrogen and oxygen atoms in total. The standard InChI is InChI=1S/C18H13Br2N5O2/c1-24-14-7-11(10-27-18-4-2-3-15(19)22-18)5-6-13(14)25(23-24)12-8-16(20)21-17(26)9-12/h2-9H,10H2,1H3/p+1. The topological polar surface area (TPSA) is 76.7 Å². The van der Waals surface area contributed by atoms with E-state index in [9.17, 15) is 4.79 Å². The van der Waals surface area contributed by atoms with Gasteiger partial charge >= 0.3 is 0 Å². The van der Waals surface area contributed by atoms with Crippen molar-refractivity contribution in [3.05, 3.63) is 73.7 Å². The molecule has 0 fully saturated rings. The highest BCUT2D eigenvalue weighted by Crippen LogP contribution is 2.19. The predicted octanol–water partition coefficient (Wildman–Crippen LogP) is 3.04. The number of ether oxygens (including phenoxy) is 1. The molecule has 0 spiro atoms. The molecule has 0 aliphatic heterocycles. The molecule has 0 aliphatic carbocycles. The Kier molecular flexibility index (Phi) is 4.79. The zero-order chi connectivity index (χ0) is 19.0. The third kappa shape index (κ3) is 3.79. The molecule has 0 bridgehead atoms. The Morgan fingerprint density at radius 1 is 1.19 bits per heavy atom. The Morgan fingerprint density at radius 3 is 2.81 bits per heavy atom. The minimum atomic E-state index is -0.197. The minimum absolute atomic E-state index is 0.197. The van der Waals surface area contributed by atoms with Crippen LogP contribution in [0.2, 0.25) is 0 Å². The third-order valence-corrected chi connectivity index (χ3v) is 4.83. The Morgan fingerprint density at radius 2 is 2.04 bits per heavy atom. The fourth-order valence-corrected chi connectivity index (χ4v) is 3.52. The van der Waals surface area contributed by atoms with E-state index in [1.54, 1.807) is 9.36 Å². The zero-order valence-corrected chi connectivity index (χ0v) is 17.4. The normalized spacial score (nSPS) is 11.1. The van der Waals surface area contributed by atoms with Crippen LogP contribution < -0.4 is 15.0 Å². The molecule has 0 unspecified atom stereocenters. The lowest BCUT2D eigenvalue weighted by atomic mass is 10.2. The van der Waals surface area contributed by atoms with Gasteiger partial charge in [-0.05, 0) is 55.6 Å². The van der Waals surface area contributed by atoms with E-state index in [2.05, 4.69) is 47.0 Å². The van der Waals surface area contributed by atoms with Gasteiger partial charge in [-0.15, -0.1) is 4.68 Å². The molecule has 0 aliphatic rings. The molecule has 3 heterocycles. The van der Waals surface area contributed by atoms with Gasteiger partial charge in [-0.3, -0.25) is 4.79 Å². The first-order chi connectivity index (χ1) is 13.0. The number of aromatic amines is 1. The molecule has 0 saturated heterocycles. The van der Waals surface area contributed by atoms with Crippen LogP contribution in [-0.2, 0) is 13.7 Å². The summed E-state index contributed by atoms with van der Waals surface area (Å²) in [6, 6.07) is 14.8. The molecule has 3 aromatic heterocycles. The second kappa shape index (κ2) is 7.24. The number of pyridine rings is 2. The van der Waals surface area contributed by atoms with E-state index in [4.69, 9.17) is 4.74 Å². The fraction of sp³-hybridized carbons (Fsp3) is 0.111. The number of nitrogens with zero attached hydrogens (tertiary/aromatic N) is 4. The quantitative estimate of drug-likeness (QED) is 0.351. The van der Waals surface area contributed by atoms with Gasteiger partial charge in [0.2, 0.25) is 11.4 Å². The molecule has 1 N–H and O–H groups in total. The number of aryl methyl sites for hydroxylation is 1. The average Bonchev–Trinajstić information content (AvgIpc) is 2.96. The van der Waals surface area contributed by atoms with Gasteiger partial charge in [0, 0.05) is 12.1 Å². The van der Waals surface area contributed by atoms with E-state index in [0.29, 0.717) is 22.8 Å². The number of benzene rings is 1. The summed E-state index contributed by atoms with van der Waals surface area (Å²) in [5.41, 5.74) is 3.29. The zero-order valence-electron chi connectivity index (χ0n) is 14.2. The monoisotopic (exact) mass is 490 g/mol. The molecular weight excluding hydrogens is 478 g/mol. The second-order valence-corrected chi connectivity index (χ2v) is 7.55. The Bertz CT molecular complexity index is 1200. The lowest BCUT2D eigenvalue weighted by molar-refractivity contribution is -0.708. The molecular formula is C18H14Br2N5O2+. The minimum Gasteiger partial charge on any atom is -0.473 e. The first-order valence-corrected chi connectivity index (χ1v) is 9.62. The number of nitrogens with one attached hydrogen (secondary N) is 1. The number of rotatable bonds is 4. The molecule has 27 heavy (non-hydrogen) atoms. The van der Waals surface area contributed by atoms with Crippen LogP contribution in [0.3, 0.4) is 0 Å². The summed E-state index contributed by atoms with van der Waals surface area (Å²) in [5.74, 6) is 0.554. The van der Waals surface area contributed by atoms with E-state index < -0.39 is 0 Å². The van der Waals surface area contributed by atoms with E-state index in [1.165, 1.54) is 6.07 Å². The number of aromatic nitrogens is 5. The lowest BCUT2D eigenvalue weighted by Crippen LogP contribution is -2.31. The van der Waals surface area contributed by atoms with Crippen molar-refractivity contribution in [2.45, 2.75) is 6.61 Å². The van der Waals surface area contributed by atoms with Crippen LogP contribution in [0.5, 0.6) is 5.88 Å². The van der Waals surface area contributed by atoms with E-state index >= 15 is 0 Å². The first-order valence-electron chi connectivity index (χ1n) is 8.03. The van der Waals surface area contributed by atoms with Crippen molar-refractivity contribution in [1.82, 2.24) is 19.9 Å². The van der Waals surface area contributed by atoms with Crippen molar-refractivity contribution in [2.24, 2.45) is 7.05 Å². The number of hydrogen-bond acceptors (Lipinski definition) is 4. The highest BCUT2D eigenvalue weighted by molar-refractivity contribution is 9.10. The summed E-state index contributed by atoms with van der Waals surface area (Å²) in [7, 11) is 1.86. The van der Waals surface area contributed by atoms with Crippen molar-refractivity contribution in [2.75, 3.05) is 0 Å². The van der Waals surface area contributed by atoms with Crippen LogP contribution in [-0.4, -0.2) is 19.9 Å². The van der Waals surface area contributed by atoms with Gasteiger partial charge in [0.25, 0.3) is 5.56 Å².